The van der Waals surface area contributed by atoms with Gasteiger partial charge in [0.05, 0.1) is 12.0 Å². The van der Waals surface area contributed by atoms with Gasteiger partial charge in [-0.05, 0) is 26.0 Å². The van der Waals surface area contributed by atoms with E-state index in [2.05, 4.69) is 26.8 Å². The van der Waals surface area contributed by atoms with Crippen molar-refractivity contribution < 1.29 is 9.53 Å². The van der Waals surface area contributed by atoms with E-state index in [1.807, 2.05) is 25.1 Å². The number of carbonyl (C=O) groups excluding carboxylic acids is 1. The Hall–Kier alpha value is -3.22. The third-order valence-electron chi connectivity index (χ3n) is 3.32. The highest BCUT2D eigenvalue weighted by Gasteiger charge is 2.17. The monoisotopic (exact) mass is 339 g/mol. The van der Waals surface area contributed by atoms with Crippen LogP contribution in [0.2, 0.25) is 0 Å². The molecule has 7 heteroatoms. The van der Waals surface area contributed by atoms with Crippen LogP contribution in [0.15, 0.2) is 43.3 Å². The van der Waals surface area contributed by atoms with E-state index in [9.17, 15) is 4.79 Å². The summed E-state index contributed by atoms with van der Waals surface area (Å²) in [6.45, 7) is 7.75. The van der Waals surface area contributed by atoms with E-state index in [0.717, 1.165) is 5.69 Å². The first-order chi connectivity index (χ1) is 12.0. The first-order valence-electron chi connectivity index (χ1n) is 7.82. The summed E-state index contributed by atoms with van der Waals surface area (Å²) in [5, 5.41) is 2.77. The van der Waals surface area contributed by atoms with Crippen LogP contribution in [-0.4, -0.2) is 27.4 Å². The van der Waals surface area contributed by atoms with Crippen LogP contribution in [-0.2, 0) is 11.2 Å². The fourth-order valence-corrected chi connectivity index (χ4v) is 2.10. The number of allylic oxidation sites excluding steroid dienone is 1. The molecule has 0 spiro atoms. The number of hydrogen-bond donors (Lipinski definition) is 2. The molecule has 0 aliphatic rings. The number of anilines is 1. The smallest absolute Gasteiger partial charge is 0.273 e. The van der Waals surface area contributed by atoms with Crippen LogP contribution in [0.1, 0.15) is 34.5 Å². The zero-order valence-corrected chi connectivity index (χ0v) is 14.3. The zero-order valence-electron chi connectivity index (χ0n) is 14.3. The Bertz CT molecular complexity index is 788. The minimum atomic E-state index is -0.379. The van der Waals surface area contributed by atoms with Crippen LogP contribution in [0.3, 0.4) is 0 Å². The predicted octanol–water partition coefficient (Wildman–Crippen LogP) is 2.26. The Morgan fingerprint density at radius 1 is 1.36 bits per heavy atom. The molecule has 0 radical (unpaired) electrons. The first-order valence-corrected chi connectivity index (χ1v) is 7.82. The normalized spacial score (nSPS) is 10.6. The number of carbonyl (C=O) groups is 1. The summed E-state index contributed by atoms with van der Waals surface area (Å²) in [6, 6.07) is 5.64. The molecule has 2 rings (SSSR count). The average molecular weight is 339 g/mol. The lowest BCUT2D eigenvalue weighted by Crippen LogP contribution is -2.28. The third-order valence-corrected chi connectivity index (χ3v) is 3.32. The molecule has 0 bridgehead atoms. The van der Waals surface area contributed by atoms with Crippen LogP contribution in [0.25, 0.3) is 5.76 Å². The number of aromatic nitrogens is 3. The molecule has 3 N–H and O–H groups in total. The lowest BCUT2D eigenvalue weighted by atomic mass is 10.2. The van der Waals surface area contributed by atoms with E-state index in [-0.39, 0.29) is 17.4 Å². The summed E-state index contributed by atoms with van der Waals surface area (Å²) in [5.74, 6) is -0.0337. The molecule has 0 saturated heterocycles. The van der Waals surface area contributed by atoms with Crippen LogP contribution < -0.4 is 11.1 Å². The molecule has 2 heterocycles. The highest BCUT2D eigenvalue weighted by molar-refractivity contribution is 5.96. The van der Waals surface area contributed by atoms with E-state index in [0.29, 0.717) is 30.1 Å². The number of rotatable bonds is 7. The van der Waals surface area contributed by atoms with Gasteiger partial charge in [0, 0.05) is 24.9 Å². The van der Waals surface area contributed by atoms with Crippen molar-refractivity contribution in [3.63, 3.8) is 0 Å². The van der Waals surface area contributed by atoms with Crippen molar-refractivity contribution in [3.8, 4) is 0 Å². The average Bonchev–Trinajstić information content (AvgIpc) is 2.62. The quantitative estimate of drug-likeness (QED) is 0.750. The third kappa shape index (κ3) is 4.87. The van der Waals surface area contributed by atoms with Crippen LogP contribution in [0.5, 0.6) is 0 Å². The van der Waals surface area contributed by atoms with E-state index in [1.54, 1.807) is 19.2 Å². The van der Waals surface area contributed by atoms with Crippen molar-refractivity contribution in [1.29, 1.82) is 0 Å². The number of nitrogens with one attached hydrogen (secondary N) is 1. The van der Waals surface area contributed by atoms with Crippen molar-refractivity contribution in [2.75, 3.05) is 12.3 Å². The Morgan fingerprint density at radius 2 is 2.16 bits per heavy atom. The fourth-order valence-electron chi connectivity index (χ4n) is 2.10. The van der Waals surface area contributed by atoms with E-state index in [4.69, 9.17) is 10.5 Å². The minimum Gasteiger partial charge on any atom is -0.464 e. The fraction of sp³-hybridized carbons (Fsp3) is 0.222. The van der Waals surface area contributed by atoms with Gasteiger partial charge < -0.3 is 15.8 Å². The SMILES string of the molecule is C=C(O/C=C\C)c1nc(N)c(C(=O)NCCc2ccccn2)nc1C. The van der Waals surface area contributed by atoms with Gasteiger partial charge in [0.2, 0.25) is 0 Å². The molecule has 0 fully saturated rings. The van der Waals surface area contributed by atoms with Crippen LogP contribution >= 0.6 is 0 Å². The maximum absolute atomic E-state index is 12.3. The molecule has 25 heavy (non-hydrogen) atoms. The number of ether oxygens (including phenoxy) is 1. The van der Waals surface area contributed by atoms with Gasteiger partial charge in [-0.1, -0.05) is 18.7 Å². The Labute approximate surface area is 146 Å². The largest absolute Gasteiger partial charge is 0.464 e. The Kier molecular flexibility index (Phi) is 6.22. The molecule has 2 aromatic heterocycles. The van der Waals surface area contributed by atoms with Crippen molar-refractivity contribution in [3.05, 3.63) is 66.1 Å². The van der Waals surface area contributed by atoms with Gasteiger partial charge in [0.15, 0.2) is 11.5 Å². The maximum Gasteiger partial charge on any atom is 0.273 e. The summed E-state index contributed by atoms with van der Waals surface area (Å²) < 4.78 is 5.29. The molecule has 0 saturated carbocycles. The number of nitrogens with two attached hydrogens (primary N) is 1. The number of amides is 1. The highest BCUT2D eigenvalue weighted by Crippen LogP contribution is 2.18. The topological polar surface area (TPSA) is 103 Å². The van der Waals surface area contributed by atoms with Gasteiger partial charge in [-0.25, -0.2) is 9.97 Å². The second-order valence-corrected chi connectivity index (χ2v) is 5.23. The predicted molar refractivity (Wildman–Crippen MR) is 96.4 cm³/mol. The maximum atomic E-state index is 12.3. The molecule has 0 aliphatic carbocycles. The van der Waals surface area contributed by atoms with Gasteiger partial charge >= 0.3 is 0 Å². The summed E-state index contributed by atoms with van der Waals surface area (Å²) in [4.78, 5) is 24.9. The second-order valence-electron chi connectivity index (χ2n) is 5.23. The first kappa shape index (κ1) is 18.1. The standard InChI is InChI=1S/C18H21N5O2/c1-4-11-25-13(3)15-12(2)22-16(17(19)23-15)18(24)21-10-8-14-7-5-6-9-20-14/h4-7,9,11H,3,8,10H2,1-2H3,(H2,19,23)(H,21,24)/b11-4-. The number of nitrogen functional groups attached to an aromatic ring is 1. The van der Waals surface area contributed by atoms with Gasteiger partial charge in [-0.2, -0.15) is 0 Å². The van der Waals surface area contributed by atoms with Crippen LogP contribution in [0, 0.1) is 6.92 Å². The minimum absolute atomic E-state index is 0.0289. The molecule has 0 unspecified atom stereocenters. The summed E-state index contributed by atoms with van der Waals surface area (Å²) in [6.07, 6.45) is 5.54. The van der Waals surface area contributed by atoms with E-state index < -0.39 is 0 Å². The lowest BCUT2D eigenvalue weighted by molar-refractivity contribution is 0.0949. The summed E-state index contributed by atoms with van der Waals surface area (Å²) >= 11 is 0. The summed E-state index contributed by atoms with van der Waals surface area (Å²) in [5.41, 5.74) is 7.79. The molecule has 2 aromatic rings. The number of pyridine rings is 1. The molecule has 130 valence electrons. The molecule has 0 aromatic carbocycles. The molecular formula is C18H21N5O2. The van der Waals surface area contributed by atoms with Gasteiger partial charge in [0.25, 0.3) is 5.91 Å². The van der Waals surface area contributed by atoms with E-state index in [1.165, 1.54) is 6.26 Å². The van der Waals surface area contributed by atoms with Gasteiger partial charge in [0.1, 0.15) is 11.5 Å². The highest BCUT2D eigenvalue weighted by atomic mass is 16.5. The number of hydrogen-bond acceptors (Lipinski definition) is 6. The molecule has 1 amide bonds. The lowest BCUT2D eigenvalue weighted by Gasteiger charge is -2.11. The van der Waals surface area contributed by atoms with Crippen molar-refractivity contribution in [2.24, 2.45) is 0 Å². The van der Waals surface area contributed by atoms with Gasteiger partial charge in [-0.15, -0.1) is 0 Å². The van der Waals surface area contributed by atoms with Crippen LogP contribution in [0.4, 0.5) is 5.82 Å². The van der Waals surface area contributed by atoms with Crippen molar-refractivity contribution in [1.82, 2.24) is 20.3 Å². The molecule has 0 aliphatic heterocycles. The molecular weight excluding hydrogens is 318 g/mol. The Morgan fingerprint density at radius 3 is 2.84 bits per heavy atom. The molecule has 7 nitrogen and oxygen atoms in total. The van der Waals surface area contributed by atoms with Crippen molar-refractivity contribution in [2.45, 2.75) is 20.3 Å². The van der Waals surface area contributed by atoms with Crippen molar-refractivity contribution >= 4 is 17.5 Å². The zero-order chi connectivity index (χ0) is 18.2. The summed E-state index contributed by atoms with van der Waals surface area (Å²) in [7, 11) is 0. The Balaban J connectivity index is 2.04. The number of aryl methyl sites for hydroxylation is 1. The second kappa shape index (κ2) is 8.58. The van der Waals surface area contributed by atoms with E-state index >= 15 is 0 Å². The number of nitrogens with zero attached hydrogens (tertiary/aromatic N) is 3. The molecule has 0 atom stereocenters. The van der Waals surface area contributed by atoms with Gasteiger partial charge in [-0.3, -0.25) is 9.78 Å².